The van der Waals surface area contributed by atoms with Crippen LogP contribution < -0.4 is 11.2 Å². The smallest absolute Gasteiger partial charge is 0.335 e. The van der Waals surface area contributed by atoms with Crippen LogP contribution in [0.2, 0.25) is 0 Å². The lowest BCUT2D eigenvalue weighted by molar-refractivity contribution is 0.0798. The van der Waals surface area contributed by atoms with Gasteiger partial charge < -0.3 is 10.2 Å². The molecule has 0 unspecified atom stereocenters. The van der Waals surface area contributed by atoms with Gasteiger partial charge in [0.2, 0.25) is 0 Å². The van der Waals surface area contributed by atoms with E-state index in [-0.39, 0.29) is 12.2 Å². The van der Waals surface area contributed by atoms with E-state index in [0.717, 1.165) is 27.3 Å². The molecule has 0 amide bonds. The van der Waals surface area contributed by atoms with E-state index in [1.165, 1.54) is 18.3 Å². The van der Waals surface area contributed by atoms with Crippen LogP contribution >= 0.6 is 0 Å². The predicted octanol–water partition coefficient (Wildman–Crippen LogP) is -0.508. The quantitative estimate of drug-likeness (QED) is 0.790. The monoisotopic (exact) mass is 280 g/mol. The summed E-state index contributed by atoms with van der Waals surface area (Å²) >= 11 is 0. The fraction of sp³-hybridized carbons (Fsp3) is 0.231. The number of benzene rings is 1. The topological polar surface area (TPSA) is 84.5 Å². The van der Waals surface area contributed by atoms with E-state index in [0.29, 0.717) is 0 Å². The largest absolute Gasteiger partial charge is 0.394 e. The molecule has 2 N–H and O–H groups in total. The first-order valence-electron chi connectivity index (χ1n) is 5.90. The molecule has 1 atom stereocenters. The molecule has 0 saturated heterocycles. The van der Waals surface area contributed by atoms with E-state index >= 15 is 0 Å². The van der Waals surface area contributed by atoms with E-state index < -0.39 is 29.8 Å². The number of aromatic nitrogens is 2. The molecule has 0 aliphatic rings. The van der Waals surface area contributed by atoms with Gasteiger partial charge in [0.05, 0.1) is 24.9 Å². The van der Waals surface area contributed by atoms with Crippen LogP contribution in [-0.2, 0) is 6.54 Å². The summed E-state index contributed by atoms with van der Waals surface area (Å²) in [6.45, 7) is -0.640. The summed E-state index contributed by atoms with van der Waals surface area (Å²) < 4.78 is 14.8. The normalized spacial score (nSPS) is 12.3. The lowest BCUT2D eigenvalue weighted by Gasteiger charge is -2.12. The standard InChI is InChI=1S/C13H13FN2O4/c14-9-1-3-10(4-2-9)16-12(19)5-6-15(13(16)20)7-11(18)8-17/h1-6,11,17-18H,7-8H2/t11-/m0/s1. The molecule has 0 spiro atoms. The number of hydrogen-bond donors (Lipinski definition) is 2. The molecule has 0 aliphatic carbocycles. The van der Waals surface area contributed by atoms with E-state index in [1.807, 2.05) is 0 Å². The van der Waals surface area contributed by atoms with Crippen molar-refractivity contribution in [2.45, 2.75) is 12.6 Å². The van der Waals surface area contributed by atoms with Crippen molar-refractivity contribution in [1.82, 2.24) is 9.13 Å². The van der Waals surface area contributed by atoms with Crippen LogP contribution in [-0.4, -0.2) is 32.1 Å². The summed E-state index contributed by atoms with van der Waals surface area (Å²) in [6, 6.07) is 6.06. The first kappa shape index (κ1) is 14.2. The fourth-order valence-electron chi connectivity index (χ4n) is 1.77. The van der Waals surface area contributed by atoms with Crippen molar-refractivity contribution in [3.05, 3.63) is 63.2 Å². The van der Waals surface area contributed by atoms with Crippen molar-refractivity contribution < 1.29 is 14.6 Å². The molecule has 20 heavy (non-hydrogen) atoms. The highest BCUT2D eigenvalue weighted by molar-refractivity contribution is 5.31. The summed E-state index contributed by atoms with van der Waals surface area (Å²) in [4.78, 5) is 23.9. The number of aliphatic hydroxyl groups is 2. The Balaban J connectivity index is 2.53. The van der Waals surface area contributed by atoms with Gasteiger partial charge in [0, 0.05) is 12.3 Å². The lowest BCUT2D eigenvalue weighted by atomic mass is 10.3. The van der Waals surface area contributed by atoms with Gasteiger partial charge >= 0.3 is 5.69 Å². The third-order valence-electron chi connectivity index (χ3n) is 2.76. The van der Waals surface area contributed by atoms with Crippen molar-refractivity contribution in [2.75, 3.05) is 6.61 Å². The maximum Gasteiger partial charge on any atom is 0.335 e. The molecule has 1 aromatic heterocycles. The zero-order valence-corrected chi connectivity index (χ0v) is 10.4. The summed E-state index contributed by atoms with van der Waals surface area (Å²) in [5, 5.41) is 18.1. The van der Waals surface area contributed by atoms with Crippen LogP contribution in [0.15, 0.2) is 46.1 Å². The fourth-order valence-corrected chi connectivity index (χ4v) is 1.77. The highest BCUT2D eigenvalue weighted by Crippen LogP contribution is 2.04. The summed E-state index contributed by atoms with van der Waals surface area (Å²) in [5.41, 5.74) is -0.998. The second-order valence-electron chi connectivity index (χ2n) is 4.24. The Bertz CT molecular complexity index is 706. The minimum atomic E-state index is -1.10. The Hall–Kier alpha value is -2.25. The molecule has 2 aromatic rings. The molecule has 0 bridgehead atoms. The minimum absolute atomic E-state index is 0.142. The average molecular weight is 280 g/mol. The van der Waals surface area contributed by atoms with Gasteiger partial charge in [-0.2, -0.15) is 0 Å². The van der Waals surface area contributed by atoms with Crippen molar-refractivity contribution in [1.29, 1.82) is 0 Å². The molecular formula is C13H13FN2O4. The molecule has 0 fully saturated rings. The van der Waals surface area contributed by atoms with E-state index in [4.69, 9.17) is 5.11 Å². The Kier molecular flexibility index (Phi) is 4.11. The third-order valence-corrected chi connectivity index (χ3v) is 2.76. The molecule has 1 heterocycles. The zero-order valence-electron chi connectivity index (χ0n) is 10.4. The maximum absolute atomic E-state index is 12.9. The van der Waals surface area contributed by atoms with E-state index in [1.54, 1.807) is 0 Å². The number of halogens is 1. The maximum atomic E-state index is 12.9. The van der Waals surface area contributed by atoms with Gasteiger partial charge in [-0.1, -0.05) is 0 Å². The molecule has 7 heteroatoms. The van der Waals surface area contributed by atoms with Gasteiger partial charge in [-0.05, 0) is 24.3 Å². The Morgan fingerprint density at radius 1 is 1.15 bits per heavy atom. The highest BCUT2D eigenvalue weighted by atomic mass is 19.1. The van der Waals surface area contributed by atoms with E-state index in [2.05, 4.69) is 0 Å². The molecule has 1 aromatic carbocycles. The second-order valence-corrected chi connectivity index (χ2v) is 4.24. The van der Waals surface area contributed by atoms with Crippen LogP contribution in [0.5, 0.6) is 0 Å². The zero-order chi connectivity index (χ0) is 14.7. The molecule has 0 aliphatic heterocycles. The van der Waals surface area contributed by atoms with Gasteiger partial charge in [-0.25, -0.2) is 13.8 Å². The Morgan fingerprint density at radius 2 is 1.80 bits per heavy atom. The van der Waals surface area contributed by atoms with Crippen molar-refractivity contribution in [3.63, 3.8) is 0 Å². The minimum Gasteiger partial charge on any atom is -0.394 e. The highest BCUT2D eigenvalue weighted by Gasteiger charge is 2.10. The second kappa shape index (κ2) is 5.81. The lowest BCUT2D eigenvalue weighted by Crippen LogP contribution is -2.40. The SMILES string of the molecule is O=c1ccn(C[C@H](O)CO)c(=O)n1-c1ccc(F)cc1. The van der Waals surface area contributed by atoms with Crippen molar-refractivity contribution in [3.8, 4) is 5.69 Å². The summed E-state index contributed by atoms with van der Waals surface area (Å²) in [7, 11) is 0. The van der Waals surface area contributed by atoms with Crippen LogP contribution in [0.1, 0.15) is 0 Å². The summed E-state index contributed by atoms with van der Waals surface area (Å²) in [5.74, 6) is -0.478. The molecule has 106 valence electrons. The van der Waals surface area contributed by atoms with Crippen LogP contribution in [0.4, 0.5) is 4.39 Å². The predicted molar refractivity (Wildman–Crippen MR) is 69.3 cm³/mol. The number of hydrogen-bond acceptors (Lipinski definition) is 4. The first-order valence-corrected chi connectivity index (χ1v) is 5.90. The molecular weight excluding hydrogens is 267 g/mol. The Morgan fingerprint density at radius 3 is 2.40 bits per heavy atom. The van der Waals surface area contributed by atoms with Crippen molar-refractivity contribution in [2.24, 2.45) is 0 Å². The van der Waals surface area contributed by atoms with Gasteiger partial charge in [-0.3, -0.25) is 9.36 Å². The van der Waals surface area contributed by atoms with Crippen LogP contribution in [0.3, 0.4) is 0 Å². The molecule has 6 nitrogen and oxygen atoms in total. The summed E-state index contributed by atoms with van der Waals surface area (Å²) in [6.07, 6.45) is 0.135. The number of rotatable bonds is 4. The number of nitrogens with zero attached hydrogens (tertiary/aromatic N) is 2. The average Bonchev–Trinajstić information content (AvgIpc) is 2.44. The van der Waals surface area contributed by atoms with Gasteiger partial charge in [0.25, 0.3) is 5.56 Å². The molecule has 2 rings (SSSR count). The van der Waals surface area contributed by atoms with Gasteiger partial charge in [0.1, 0.15) is 5.82 Å². The van der Waals surface area contributed by atoms with Gasteiger partial charge in [-0.15, -0.1) is 0 Å². The van der Waals surface area contributed by atoms with Crippen LogP contribution in [0, 0.1) is 5.82 Å². The first-order chi connectivity index (χ1) is 9.52. The molecule has 0 saturated carbocycles. The van der Waals surface area contributed by atoms with E-state index in [9.17, 15) is 19.1 Å². The van der Waals surface area contributed by atoms with Crippen LogP contribution in [0.25, 0.3) is 5.69 Å². The van der Waals surface area contributed by atoms with Crippen molar-refractivity contribution >= 4 is 0 Å². The van der Waals surface area contributed by atoms with Gasteiger partial charge in [0.15, 0.2) is 0 Å². The number of aliphatic hydroxyl groups excluding tert-OH is 2. The third kappa shape index (κ3) is 2.84. The molecule has 0 radical (unpaired) electrons. The Labute approximate surface area is 113 Å².